The lowest BCUT2D eigenvalue weighted by Gasteiger charge is -2.15. The summed E-state index contributed by atoms with van der Waals surface area (Å²) in [6, 6.07) is 0. The maximum absolute atomic E-state index is 12.0. The van der Waals surface area contributed by atoms with Crippen LogP contribution in [-0.4, -0.2) is 54.3 Å². The Bertz CT molecular complexity index is 820. The number of aliphatic hydroxyl groups excluding tert-OH is 1. The SMILES string of the molecule is CCCC/C=C\CCCCCCCC(=O)NCCOP(=O)(O)OCC(O)COC(=O)CCCCCCC/C=C\CCCCCCC. The average Bonchev–Trinajstić information content (AvgIpc) is 3.04. The minimum absolute atomic E-state index is 0.0770. The Balaban J connectivity index is 3.65. The number of aliphatic hydroxyl groups is 1. The van der Waals surface area contributed by atoms with Crippen molar-refractivity contribution in [3.05, 3.63) is 24.3 Å². The molecule has 270 valence electrons. The van der Waals surface area contributed by atoms with Crippen molar-refractivity contribution in [2.24, 2.45) is 0 Å². The van der Waals surface area contributed by atoms with Crippen LogP contribution >= 0.6 is 7.82 Å². The van der Waals surface area contributed by atoms with Crippen molar-refractivity contribution in [2.45, 2.75) is 168 Å². The zero-order valence-corrected chi connectivity index (χ0v) is 30.2. The molecular weight excluding hydrogens is 605 g/mol. The topological polar surface area (TPSA) is 131 Å². The van der Waals surface area contributed by atoms with Crippen LogP contribution in [0.1, 0.15) is 162 Å². The first kappa shape index (κ1) is 44.5. The fraction of sp³-hybridized carbons (Fsp3) is 0.833. The van der Waals surface area contributed by atoms with Crippen LogP contribution in [-0.2, 0) is 27.9 Å². The lowest BCUT2D eigenvalue weighted by molar-refractivity contribution is -0.147. The predicted octanol–water partition coefficient (Wildman–Crippen LogP) is 9.26. The molecule has 2 unspecified atom stereocenters. The van der Waals surface area contributed by atoms with Crippen LogP contribution in [0.2, 0.25) is 0 Å². The first-order valence-electron chi connectivity index (χ1n) is 18.3. The number of phosphoric acid groups is 1. The Morgan fingerprint density at radius 1 is 0.652 bits per heavy atom. The van der Waals surface area contributed by atoms with Gasteiger partial charge in [0.15, 0.2) is 0 Å². The minimum Gasteiger partial charge on any atom is -0.463 e. The first-order valence-corrected chi connectivity index (χ1v) is 19.8. The molecule has 0 aliphatic rings. The summed E-state index contributed by atoms with van der Waals surface area (Å²) in [4.78, 5) is 33.7. The predicted molar refractivity (Wildman–Crippen MR) is 188 cm³/mol. The van der Waals surface area contributed by atoms with E-state index in [1.165, 1.54) is 64.2 Å². The van der Waals surface area contributed by atoms with Gasteiger partial charge < -0.3 is 20.1 Å². The van der Waals surface area contributed by atoms with Gasteiger partial charge in [0.05, 0.1) is 13.2 Å². The zero-order valence-electron chi connectivity index (χ0n) is 29.3. The summed E-state index contributed by atoms with van der Waals surface area (Å²) < 4.78 is 26.7. The number of rotatable bonds is 34. The molecule has 0 saturated carbocycles. The van der Waals surface area contributed by atoms with E-state index in [-0.39, 0.29) is 32.1 Å². The third-order valence-electron chi connectivity index (χ3n) is 7.60. The highest BCUT2D eigenvalue weighted by Gasteiger charge is 2.23. The lowest BCUT2D eigenvalue weighted by Crippen LogP contribution is -2.27. The quantitative estimate of drug-likeness (QED) is 0.0267. The molecule has 0 aliphatic carbocycles. The highest BCUT2D eigenvalue weighted by atomic mass is 31.2. The van der Waals surface area contributed by atoms with E-state index in [4.69, 9.17) is 13.8 Å². The van der Waals surface area contributed by atoms with Crippen molar-refractivity contribution >= 4 is 19.7 Å². The van der Waals surface area contributed by atoms with Crippen molar-refractivity contribution < 1.29 is 37.9 Å². The van der Waals surface area contributed by atoms with Crippen molar-refractivity contribution in [1.82, 2.24) is 5.32 Å². The fourth-order valence-electron chi connectivity index (χ4n) is 4.77. The third kappa shape index (κ3) is 33.8. The summed E-state index contributed by atoms with van der Waals surface area (Å²) in [6.45, 7) is 3.47. The summed E-state index contributed by atoms with van der Waals surface area (Å²) in [5, 5.41) is 12.6. The standard InChI is InChI=1S/C36H68NO8P/c1-3-5-7-9-11-13-15-16-17-19-21-23-25-27-29-36(40)43-32-34(38)33-45-46(41,42)44-31-30-37-35(39)28-26-24-22-20-18-14-12-10-8-6-4-2/h10,12,15-16,34,38H,3-9,11,13-14,17-33H2,1-2H3,(H,37,39)(H,41,42)/b12-10-,16-15-. The summed E-state index contributed by atoms with van der Waals surface area (Å²) in [5.74, 6) is -0.536. The highest BCUT2D eigenvalue weighted by molar-refractivity contribution is 7.47. The molecule has 9 nitrogen and oxygen atoms in total. The van der Waals surface area contributed by atoms with Crippen molar-refractivity contribution in [1.29, 1.82) is 0 Å². The lowest BCUT2D eigenvalue weighted by atomic mass is 10.1. The number of hydrogen-bond acceptors (Lipinski definition) is 7. The third-order valence-corrected chi connectivity index (χ3v) is 8.59. The molecule has 0 heterocycles. The second-order valence-electron chi connectivity index (χ2n) is 12.2. The number of hydrogen-bond donors (Lipinski definition) is 3. The largest absolute Gasteiger partial charge is 0.472 e. The maximum Gasteiger partial charge on any atom is 0.472 e. The van der Waals surface area contributed by atoms with Crippen LogP contribution < -0.4 is 5.32 Å². The number of unbranched alkanes of at least 4 members (excludes halogenated alkanes) is 17. The monoisotopic (exact) mass is 673 g/mol. The Kier molecular flexibility index (Phi) is 32.3. The fourth-order valence-corrected chi connectivity index (χ4v) is 5.52. The molecule has 0 bridgehead atoms. The molecule has 10 heteroatoms. The molecule has 1 amide bonds. The van der Waals surface area contributed by atoms with Gasteiger partial charge in [-0.2, -0.15) is 0 Å². The molecule has 0 aromatic heterocycles. The van der Waals surface area contributed by atoms with E-state index in [1.807, 2.05) is 0 Å². The number of carbonyl (C=O) groups is 2. The summed E-state index contributed by atoms with van der Waals surface area (Å²) >= 11 is 0. The van der Waals surface area contributed by atoms with Gasteiger partial charge in [0.25, 0.3) is 0 Å². The summed E-state index contributed by atoms with van der Waals surface area (Å²) in [6.07, 6.45) is 32.5. The maximum atomic E-state index is 12.0. The summed E-state index contributed by atoms with van der Waals surface area (Å²) in [7, 11) is -4.41. The van der Waals surface area contributed by atoms with Gasteiger partial charge in [0.2, 0.25) is 5.91 Å². The van der Waals surface area contributed by atoms with Crippen LogP contribution in [0.15, 0.2) is 24.3 Å². The van der Waals surface area contributed by atoms with Gasteiger partial charge in [-0.3, -0.25) is 18.6 Å². The molecular formula is C36H68NO8P. The van der Waals surface area contributed by atoms with E-state index >= 15 is 0 Å². The number of ether oxygens (including phenoxy) is 1. The smallest absolute Gasteiger partial charge is 0.463 e. The molecule has 0 radical (unpaired) electrons. The molecule has 0 fully saturated rings. The molecule has 0 rings (SSSR count). The molecule has 2 atom stereocenters. The van der Waals surface area contributed by atoms with E-state index in [1.54, 1.807) is 0 Å². The van der Waals surface area contributed by atoms with Gasteiger partial charge in [-0.25, -0.2) is 4.57 Å². The van der Waals surface area contributed by atoms with E-state index in [2.05, 4.69) is 43.5 Å². The Morgan fingerprint density at radius 3 is 1.70 bits per heavy atom. The van der Waals surface area contributed by atoms with Gasteiger partial charge >= 0.3 is 13.8 Å². The van der Waals surface area contributed by atoms with E-state index < -0.39 is 26.5 Å². The normalized spacial score (nSPS) is 13.7. The van der Waals surface area contributed by atoms with Crippen LogP contribution in [0.5, 0.6) is 0 Å². The average molecular weight is 674 g/mol. The van der Waals surface area contributed by atoms with Crippen molar-refractivity contribution in [3.8, 4) is 0 Å². The van der Waals surface area contributed by atoms with E-state index in [0.717, 1.165) is 70.6 Å². The van der Waals surface area contributed by atoms with Gasteiger partial charge in [-0.05, 0) is 57.8 Å². The molecule has 3 N–H and O–H groups in total. The highest BCUT2D eigenvalue weighted by Crippen LogP contribution is 2.42. The molecule has 0 saturated heterocycles. The number of nitrogens with one attached hydrogen (secondary N) is 1. The minimum atomic E-state index is -4.41. The number of phosphoric ester groups is 1. The number of amides is 1. The molecule has 0 aromatic rings. The van der Waals surface area contributed by atoms with Gasteiger partial charge in [-0.15, -0.1) is 0 Å². The van der Waals surface area contributed by atoms with Crippen LogP contribution in [0.3, 0.4) is 0 Å². The Labute approximate surface area is 280 Å². The van der Waals surface area contributed by atoms with Crippen molar-refractivity contribution in [2.75, 3.05) is 26.4 Å². The number of allylic oxidation sites excluding steroid dienone is 4. The van der Waals surface area contributed by atoms with E-state index in [9.17, 15) is 24.2 Å². The van der Waals surface area contributed by atoms with Gasteiger partial charge in [0, 0.05) is 19.4 Å². The second-order valence-corrected chi connectivity index (χ2v) is 13.6. The van der Waals surface area contributed by atoms with E-state index in [0.29, 0.717) is 6.42 Å². The number of esters is 1. The molecule has 0 spiro atoms. The van der Waals surface area contributed by atoms with Crippen LogP contribution in [0.25, 0.3) is 0 Å². The Morgan fingerprint density at radius 2 is 1.13 bits per heavy atom. The van der Waals surface area contributed by atoms with Crippen molar-refractivity contribution in [3.63, 3.8) is 0 Å². The molecule has 0 aromatic carbocycles. The van der Waals surface area contributed by atoms with Crippen LogP contribution in [0.4, 0.5) is 0 Å². The van der Waals surface area contributed by atoms with Gasteiger partial charge in [-0.1, -0.05) is 115 Å². The molecule has 0 aliphatic heterocycles. The Hall–Kier alpha value is -1.51. The summed E-state index contributed by atoms with van der Waals surface area (Å²) in [5.41, 5.74) is 0. The molecule has 46 heavy (non-hydrogen) atoms. The first-order chi connectivity index (χ1) is 22.3. The second kappa shape index (κ2) is 33.4. The van der Waals surface area contributed by atoms with Gasteiger partial charge in [0.1, 0.15) is 12.7 Å². The van der Waals surface area contributed by atoms with Crippen LogP contribution in [0, 0.1) is 0 Å². The zero-order chi connectivity index (χ0) is 34.0. The number of carbonyl (C=O) groups excluding carboxylic acids is 2.